The van der Waals surface area contributed by atoms with Crippen molar-refractivity contribution in [2.24, 2.45) is 5.73 Å². The van der Waals surface area contributed by atoms with E-state index in [0.717, 1.165) is 23.1 Å². The number of benzene rings is 2. The van der Waals surface area contributed by atoms with Crippen LogP contribution in [-0.4, -0.2) is 0 Å². The van der Waals surface area contributed by atoms with Gasteiger partial charge >= 0.3 is 0 Å². The molecule has 0 aliphatic heterocycles. The Morgan fingerprint density at radius 2 is 1.96 bits per heavy atom. The summed E-state index contributed by atoms with van der Waals surface area (Å²) < 4.78 is 14.6. The molecule has 0 aliphatic carbocycles. The van der Waals surface area contributed by atoms with Crippen molar-refractivity contribution in [2.45, 2.75) is 33.6 Å². The molecule has 0 aromatic heterocycles. The van der Waals surface area contributed by atoms with E-state index in [9.17, 15) is 4.39 Å². The van der Waals surface area contributed by atoms with Crippen molar-refractivity contribution in [1.29, 1.82) is 0 Å². The Morgan fingerprint density at radius 1 is 1.20 bits per heavy atom. The van der Waals surface area contributed by atoms with Gasteiger partial charge in [0, 0.05) is 11.3 Å². The van der Waals surface area contributed by atoms with Crippen LogP contribution in [0.1, 0.15) is 42.5 Å². The van der Waals surface area contributed by atoms with Crippen LogP contribution < -0.4 is 5.73 Å². The van der Waals surface area contributed by atoms with Crippen LogP contribution >= 0.6 is 0 Å². The van der Waals surface area contributed by atoms with Crippen LogP contribution in [0.2, 0.25) is 0 Å². The highest BCUT2D eigenvalue weighted by atomic mass is 19.1. The normalized spacial score (nSPS) is 12.3. The molecule has 0 amide bonds. The minimum absolute atomic E-state index is 0.315. The van der Waals surface area contributed by atoms with Crippen molar-refractivity contribution in [2.75, 3.05) is 0 Å². The van der Waals surface area contributed by atoms with Crippen LogP contribution in [0.15, 0.2) is 66.8 Å². The van der Waals surface area contributed by atoms with E-state index in [1.54, 1.807) is 6.07 Å². The van der Waals surface area contributed by atoms with E-state index in [1.165, 1.54) is 17.2 Å². The first-order chi connectivity index (χ1) is 11.9. The van der Waals surface area contributed by atoms with Gasteiger partial charge in [-0.15, -0.1) is 0 Å². The lowest BCUT2D eigenvalue weighted by atomic mass is 9.96. The first kappa shape index (κ1) is 18.7. The minimum Gasteiger partial charge on any atom is -0.398 e. The summed E-state index contributed by atoms with van der Waals surface area (Å²) >= 11 is 0. The summed E-state index contributed by atoms with van der Waals surface area (Å²) in [5.74, 6) is -0.315. The zero-order chi connectivity index (χ0) is 18.4. The molecule has 0 atom stereocenters. The number of allylic oxidation sites excluding steroid dienone is 4. The second-order valence-corrected chi connectivity index (χ2v) is 6.37. The Bertz CT molecular complexity index is 828. The fraction of sp³-hybridized carbons (Fsp3) is 0.217. The first-order valence-electron chi connectivity index (χ1n) is 8.59. The van der Waals surface area contributed by atoms with Gasteiger partial charge in [0.05, 0.1) is 0 Å². The molecule has 130 valence electrons. The van der Waals surface area contributed by atoms with Crippen LogP contribution in [0.5, 0.6) is 0 Å². The first-order valence-corrected chi connectivity index (χ1v) is 8.59. The lowest BCUT2D eigenvalue weighted by Crippen LogP contribution is -2.03. The molecular formula is C23H26FN. The van der Waals surface area contributed by atoms with Gasteiger partial charge in [-0.25, -0.2) is 4.39 Å². The summed E-state index contributed by atoms with van der Waals surface area (Å²) in [5, 5.41) is 0. The smallest absolute Gasteiger partial charge is 0.133 e. The Balaban J connectivity index is 2.24. The molecule has 0 radical (unpaired) electrons. The van der Waals surface area contributed by atoms with Crippen LogP contribution in [0, 0.1) is 12.7 Å². The third-order valence-electron chi connectivity index (χ3n) is 4.20. The third-order valence-corrected chi connectivity index (χ3v) is 4.20. The molecule has 2 N–H and O–H groups in total. The van der Waals surface area contributed by atoms with Crippen molar-refractivity contribution in [1.82, 2.24) is 0 Å². The maximum absolute atomic E-state index is 14.6. The molecule has 0 fully saturated rings. The standard InChI is InChI=1S/C23H26FN/c1-5-6-9-17(3)23(25)21-12-11-20(15-22(21)24)18(4)14-19-10-7-8-16(2)13-19/h6-13,15H,4-5,14,25H2,1-3H3/b9-6-,23-17-. The molecule has 0 saturated heterocycles. The Labute approximate surface area is 150 Å². The average Bonchev–Trinajstić information content (AvgIpc) is 2.59. The SMILES string of the molecule is C=C(Cc1cccc(C)c1)c1ccc(/C(N)=C(C)/C=C\CC)c(F)c1. The van der Waals surface area contributed by atoms with Gasteiger partial charge in [-0.1, -0.05) is 61.5 Å². The highest BCUT2D eigenvalue weighted by molar-refractivity contribution is 5.72. The number of hydrogen-bond donors (Lipinski definition) is 1. The molecule has 2 rings (SSSR count). The zero-order valence-corrected chi connectivity index (χ0v) is 15.3. The average molecular weight is 335 g/mol. The van der Waals surface area contributed by atoms with Gasteiger partial charge < -0.3 is 5.73 Å². The van der Waals surface area contributed by atoms with Gasteiger partial charge in [0.25, 0.3) is 0 Å². The maximum atomic E-state index is 14.6. The van der Waals surface area contributed by atoms with Gasteiger partial charge in [0.15, 0.2) is 0 Å². The van der Waals surface area contributed by atoms with Crippen molar-refractivity contribution in [3.05, 3.63) is 94.8 Å². The quantitative estimate of drug-likeness (QED) is 0.639. The zero-order valence-electron chi connectivity index (χ0n) is 15.3. The number of nitrogens with two attached hydrogens (primary N) is 1. The molecule has 0 unspecified atom stereocenters. The molecule has 25 heavy (non-hydrogen) atoms. The fourth-order valence-electron chi connectivity index (χ4n) is 2.72. The number of rotatable bonds is 6. The molecule has 0 spiro atoms. The molecule has 0 heterocycles. The van der Waals surface area contributed by atoms with Crippen molar-refractivity contribution >= 4 is 11.3 Å². The molecule has 2 aromatic rings. The Morgan fingerprint density at radius 3 is 2.60 bits per heavy atom. The topological polar surface area (TPSA) is 26.0 Å². The summed E-state index contributed by atoms with van der Waals surface area (Å²) in [7, 11) is 0. The van der Waals surface area contributed by atoms with Gasteiger partial charge in [-0.2, -0.15) is 0 Å². The molecule has 0 saturated carbocycles. The van der Waals surface area contributed by atoms with Crippen LogP contribution in [0.3, 0.4) is 0 Å². The molecule has 0 bridgehead atoms. The highest BCUT2D eigenvalue weighted by Gasteiger charge is 2.10. The molecule has 2 heteroatoms. The van der Waals surface area contributed by atoms with Gasteiger partial charge in [0.1, 0.15) is 5.82 Å². The lowest BCUT2D eigenvalue weighted by Gasteiger charge is -2.11. The van der Waals surface area contributed by atoms with E-state index in [1.807, 2.05) is 31.2 Å². The highest BCUT2D eigenvalue weighted by Crippen LogP contribution is 2.24. The monoisotopic (exact) mass is 335 g/mol. The van der Waals surface area contributed by atoms with Crippen molar-refractivity contribution in [3.63, 3.8) is 0 Å². The second-order valence-electron chi connectivity index (χ2n) is 6.37. The predicted molar refractivity (Wildman–Crippen MR) is 107 cm³/mol. The lowest BCUT2D eigenvalue weighted by molar-refractivity contribution is 0.623. The van der Waals surface area contributed by atoms with E-state index in [4.69, 9.17) is 5.73 Å². The van der Waals surface area contributed by atoms with Gasteiger partial charge in [0.2, 0.25) is 0 Å². The van der Waals surface area contributed by atoms with E-state index in [2.05, 4.69) is 38.6 Å². The number of halogens is 1. The van der Waals surface area contributed by atoms with Gasteiger partial charge in [-0.3, -0.25) is 0 Å². The van der Waals surface area contributed by atoms with Crippen molar-refractivity contribution < 1.29 is 4.39 Å². The van der Waals surface area contributed by atoms with E-state index in [0.29, 0.717) is 17.7 Å². The largest absolute Gasteiger partial charge is 0.398 e. The van der Waals surface area contributed by atoms with Gasteiger partial charge in [-0.05, 0) is 61.1 Å². The summed E-state index contributed by atoms with van der Waals surface area (Å²) in [6.45, 7) is 10.1. The Kier molecular flexibility index (Phi) is 6.35. The summed E-state index contributed by atoms with van der Waals surface area (Å²) in [6, 6.07) is 13.4. The van der Waals surface area contributed by atoms with Crippen LogP contribution in [0.25, 0.3) is 11.3 Å². The van der Waals surface area contributed by atoms with E-state index < -0.39 is 0 Å². The van der Waals surface area contributed by atoms with E-state index in [-0.39, 0.29) is 5.82 Å². The molecule has 0 aliphatic rings. The fourth-order valence-corrected chi connectivity index (χ4v) is 2.72. The number of hydrogen-bond acceptors (Lipinski definition) is 1. The summed E-state index contributed by atoms with van der Waals surface area (Å²) in [4.78, 5) is 0. The summed E-state index contributed by atoms with van der Waals surface area (Å²) in [5.41, 5.74) is 12.0. The third kappa shape index (κ3) is 4.93. The Hall–Kier alpha value is -2.61. The second kappa shape index (κ2) is 8.48. The molecular weight excluding hydrogens is 309 g/mol. The van der Waals surface area contributed by atoms with Crippen LogP contribution in [0.4, 0.5) is 4.39 Å². The summed E-state index contributed by atoms with van der Waals surface area (Å²) in [6.07, 6.45) is 5.56. The molecule has 1 nitrogen and oxygen atoms in total. The minimum atomic E-state index is -0.315. The maximum Gasteiger partial charge on any atom is 0.133 e. The number of aryl methyl sites for hydroxylation is 1. The predicted octanol–water partition coefficient (Wildman–Crippen LogP) is 6.05. The van der Waals surface area contributed by atoms with E-state index >= 15 is 0 Å². The van der Waals surface area contributed by atoms with Crippen molar-refractivity contribution in [3.8, 4) is 0 Å². The van der Waals surface area contributed by atoms with Crippen LogP contribution in [-0.2, 0) is 6.42 Å². The molecule has 2 aromatic carbocycles.